The van der Waals surface area contributed by atoms with Crippen LogP contribution in [0.25, 0.3) is 0 Å². The minimum absolute atomic E-state index is 0.199. The molecule has 1 aliphatic heterocycles. The first-order chi connectivity index (χ1) is 6.66. The van der Waals surface area contributed by atoms with Gasteiger partial charge in [-0.3, -0.25) is 0 Å². The molecule has 3 heteroatoms. The average Bonchev–Trinajstić information content (AvgIpc) is 2.47. The number of rotatable bonds is 1. The fraction of sp³-hybridized carbons (Fsp3) is 0.182. The Morgan fingerprint density at radius 2 is 1.93 bits per heavy atom. The highest BCUT2D eigenvalue weighted by Crippen LogP contribution is 2.30. The predicted molar refractivity (Wildman–Crippen MR) is 56.7 cm³/mol. The fourth-order valence-electron chi connectivity index (χ4n) is 1.47. The van der Waals surface area contributed by atoms with Gasteiger partial charge in [0.15, 0.2) is 0 Å². The Bertz CT molecular complexity index is 392. The van der Waals surface area contributed by atoms with Gasteiger partial charge in [0.05, 0.1) is 0 Å². The van der Waals surface area contributed by atoms with Gasteiger partial charge >= 0.3 is 5.97 Å². The molecular weight excluding hydrogens is 244 g/mol. The Kier molecular flexibility index (Phi) is 2.42. The fourth-order valence-corrected chi connectivity index (χ4v) is 1.74. The SMILES string of the molecule is CC1=CC(=O)OC1c1ccc(Br)cc1. The van der Waals surface area contributed by atoms with Crippen molar-refractivity contribution in [2.24, 2.45) is 0 Å². The van der Waals surface area contributed by atoms with Gasteiger partial charge in [-0.15, -0.1) is 0 Å². The second-order valence-corrected chi connectivity index (χ2v) is 4.17. The van der Waals surface area contributed by atoms with E-state index in [-0.39, 0.29) is 12.1 Å². The molecule has 2 nitrogen and oxygen atoms in total. The summed E-state index contributed by atoms with van der Waals surface area (Å²) >= 11 is 3.36. The largest absolute Gasteiger partial charge is 0.450 e. The van der Waals surface area contributed by atoms with Gasteiger partial charge in [-0.2, -0.15) is 0 Å². The number of hydrogen-bond donors (Lipinski definition) is 0. The van der Waals surface area contributed by atoms with Crippen LogP contribution in [0.4, 0.5) is 0 Å². The Hall–Kier alpha value is -1.09. The molecule has 1 heterocycles. The third-order valence-corrected chi connectivity index (χ3v) is 2.69. The summed E-state index contributed by atoms with van der Waals surface area (Å²) in [4.78, 5) is 11.0. The van der Waals surface area contributed by atoms with Crippen LogP contribution < -0.4 is 0 Å². The third-order valence-electron chi connectivity index (χ3n) is 2.17. The Balaban J connectivity index is 2.29. The Morgan fingerprint density at radius 1 is 1.29 bits per heavy atom. The van der Waals surface area contributed by atoms with Crippen LogP contribution in [0.2, 0.25) is 0 Å². The third kappa shape index (κ3) is 1.73. The molecule has 0 aliphatic carbocycles. The van der Waals surface area contributed by atoms with E-state index >= 15 is 0 Å². The van der Waals surface area contributed by atoms with E-state index in [2.05, 4.69) is 15.9 Å². The maximum absolute atomic E-state index is 11.0. The minimum atomic E-state index is -0.254. The first kappa shape index (κ1) is 9.46. The lowest BCUT2D eigenvalue weighted by Crippen LogP contribution is -2.01. The maximum Gasteiger partial charge on any atom is 0.331 e. The van der Waals surface area contributed by atoms with Gasteiger partial charge in [-0.1, -0.05) is 28.1 Å². The van der Waals surface area contributed by atoms with Gasteiger partial charge in [0.2, 0.25) is 0 Å². The van der Waals surface area contributed by atoms with Crippen LogP contribution in [0.5, 0.6) is 0 Å². The lowest BCUT2D eigenvalue weighted by Gasteiger charge is -2.11. The molecule has 1 aromatic carbocycles. The van der Waals surface area contributed by atoms with Crippen molar-refractivity contribution in [1.29, 1.82) is 0 Å². The number of carbonyl (C=O) groups excluding carboxylic acids is 1. The van der Waals surface area contributed by atoms with Crippen molar-refractivity contribution in [1.82, 2.24) is 0 Å². The lowest BCUT2D eigenvalue weighted by molar-refractivity contribution is -0.139. The summed E-state index contributed by atoms with van der Waals surface area (Å²) < 4.78 is 6.17. The van der Waals surface area contributed by atoms with Crippen LogP contribution in [-0.4, -0.2) is 5.97 Å². The number of hydrogen-bond acceptors (Lipinski definition) is 2. The molecule has 1 unspecified atom stereocenters. The molecule has 0 aromatic heterocycles. The molecule has 0 bridgehead atoms. The van der Waals surface area contributed by atoms with Crippen LogP contribution in [0, 0.1) is 0 Å². The van der Waals surface area contributed by atoms with E-state index < -0.39 is 0 Å². The minimum Gasteiger partial charge on any atom is -0.450 e. The topological polar surface area (TPSA) is 26.3 Å². The maximum atomic E-state index is 11.0. The molecule has 0 fully saturated rings. The van der Waals surface area contributed by atoms with Crippen molar-refractivity contribution < 1.29 is 9.53 Å². The molecule has 0 amide bonds. The number of cyclic esters (lactones) is 1. The molecular formula is C11H9BrO2. The summed E-state index contributed by atoms with van der Waals surface area (Å²) in [6, 6.07) is 7.78. The molecule has 72 valence electrons. The van der Waals surface area contributed by atoms with Crippen molar-refractivity contribution >= 4 is 21.9 Å². The molecule has 0 saturated carbocycles. The summed E-state index contributed by atoms with van der Waals surface area (Å²) in [5.41, 5.74) is 1.96. The van der Waals surface area contributed by atoms with Gasteiger partial charge in [0.25, 0.3) is 0 Å². The highest BCUT2D eigenvalue weighted by atomic mass is 79.9. The number of benzene rings is 1. The number of esters is 1. The van der Waals surface area contributed by atoms with E-state index in [1.807, 2.05) is 31.2 Å². The second-order valence-electron chi connectivity index (χ2n) is 3.26. The lowest BCUT2D eigenvalue weighted by atomic mass is 10.0. The first-order valence-corrected chi connectivity index (χ1v) is 5.10. The Labute approximate surface area is 90.7 Å². The molecule has 1 aromatic rings. The molecule has 2 rings (SSSR count). The van der Waals surface area contributed by atoms with E-state index in [0.717, 1.165) is 15.6 Å². The predicted octanol–water partition coefficient (Wildman–Crippen LogP) is 2.99. The number of ether oxygens (including phenoxy) is 1. The van der Waals surface area contributed by atoms with E-state index in [1.165, 1.54) is 6.08 Å². The second kappa shape index (κ2) is 3.58. The smallest absolute Gasteiger partial charge is 0.331 e. The van der Waals surface area contributed by atoms with E-state index in [9.17, 15) is 4.79 Å². The molecule has 0 spiro atoms. The van der Waals surface area contributed by atoms with Crippen molar-refractivity contribution in [3.8, 4) is 0 Å². The van der Waals surface area contributed by atoms with Crippen LogP contribution >= 0.6 is 15.9 Å². The van der Waals surface area contributed by atoms with Crippen molar-refractivity contribution in [3.05, 3.63) is 46.0 Å². The zero-order chi connectivity index (χ0) is 10.1. The van der Waals surface area contributed by atoms with Gasteiger partial charge in [-0.05, 0) is 30.2 Å². The van der Waals surface area contributed by atoms with Gasteiger partial charge in [0, 0.05) is 10.5 Å². The summed E-state index contributed by atoms with van der Waals surface area (Å²) in [6.45, 7) is 1.90. The highest BCUT2D eigenvalue weighted by Gasteiger charge is 2.24. The van der Waals surface area contributed by atoms with Crippen LogP contribution in [-0.2, 0) is 9.53 Å². The molecule has 1 atom stereocenters. The number of halogens is 1. The summed E-state index contributed by atoms with van der Waals surface area (Å²) in [5.74, 6) is -0.254. The van der Waals surface area contributed by atoms with Crippen molar-refractivity contribution in [3.63, 3.8) is 0 Å². The standard InChI is InChI=1S/C11H9BrO2/c1-7-6-10(13)14-11(7)8-2-4-9(12)5-3-8/h2-6,11H,1H3. The van der Waals surface area contributed by atoms with Crippen LogP contribution in [0.15, 0.2) is 40.4 Å². The molecule has 0 radical (unpaired) electrons. The normalized spacial score (nSPS) is 20.6. The number of carbonyl (C=O) groups is 1. The highest BCUT2D eigenvalue weighted by molar-refractivity contribution is 9.10. The summed E-state index contributed by atoms with van der Waals surface area (Å²) in [5, 5.41) is 0. The van der Waals surface area contributed by atoms with E-state index in [0.29, 0.717) is 0 Å². The van der Waals surface area contributed by atoms with Gasteiger partial charge in [-0.25, -0.2) is 4.79 Å². The summed E-state index contributed by atoms with van der Waals surface area (Å²) in [6.07, 6.45) is 1.34. The first-order valence-electron chi connectivity index (χ1n) is 4.31. The average molecular weight is 253 g/mol. The quantitative estimate of drug-likeness (QED) is 0.719. The zero-order valence-electron chi connectivity index (χ0n) is 7.66. The van der Waals surface area contributed by atoms with Crippen LogP contribution in [0.1, 0.15) is 18.6 Å². The molecule has 0 saturated heterocycles. The van der Waals surface area contributed by atoms with E-state index in [1.54, 1.807) is 0 Å². The van der Waals surface area contributed by atoms with Gasteiger partial charge in [0.1, 0.15) is 6.10 Å². The summed E-state index contributed by atoms with van der Waals surface area (Å²) in [7, 11) is 0. The monoisotopic (exact) mass is 252 g/mol. The molecule has 14 heavy (non-hydrogen) atoms. The van der Waals surface area contributed by atoms with Crippen LogP contribution in [0.3, 0.4) is 0 Å². The zero-order valence-corrected chi connectivity index (χ0v) is 9.24. The van der Waals surface area contributed by atoms with Crippen molar-refractivity contribution in [2.75, 3.05) is 0 Å². The molecule has 0 N–H and O–H groups in total. The Morgan fingerprint density at radius 3 is 2.43 bits per heavy atom. The van der Waals surface area contributed by atoms with Gasteiger partial charge < -0.3 is 4.74 Å². The molecule has 1 aliphatic rings. The van der Waals surface area contributed by atoms with Crippen molar-refractivity contribution in [2.45, 2.75) is 13.0 Å². The van der Waals surface area contributed by atoms with E-state index in [4.69, 9.17) is 4.74 Å².